The van der Waals surface area contributed by atoms with Gasteiger partial charge < -0.3 is 19.0 Å². The largest absolute Gasteiger partial charge is 0.454 e. The standard InChI is InChI=1S/C15H18N2O4/c1-20-10-4-8-16-15(19)13-7-6-12(21-13)11-17-9-3-2-5-14(17)18/h2-3,5-7,9H,4,8,10-11H2,1H3,(H,16,19). The van der Waals surface area contributed by atoms with Crippen LogP contribution in [0.1, 0.15) is 22.7 Å². The van der Waals surface area contributed by atoms with E-state index in [-0.39, 0.29) is 17.2 Å². The van der Waals surface area contributed by atoms with E-state index < -0.39 is 0 Å². The molecule has 6 nitrogen and oxygen atoms in total. The van der Waals surface area contributed by atoms with Crippen molar-refractivity contribution in [3.8, 4) is 0 Å². The third kappa shape index (κ3) is 4.32. The minimum atomic E-state index is -0.266. The number of nitrogens with one attached hydrogen (secondary N) is 1. The van der Waals surface area contributed by atoms with Gasteiger partial charge in [-0.15, -0.1) is 0 Å². The average Bonchev–Trinajstić information content (AvgIpc) is 2.94. The zero-order chi connectivity index (χ0) is 15.1. The van der Waals surface area contributed by atoms with Crippen LogP contribution in [-0.2, 0) is 11.3 Å². The average molecular weight is 290 g/mol. The topological polar surface area (TPSA) is 73.5 Å². The number of carbonyl (C=O) groups excluding carboxylic acids is 1. The highest BCUT2D eigenvalue weighted by Gasteiger charge is 2.11. The number of ether oxygens (including phenoxy) is 1. The van der Waals surface area contributed by atoms with Gasteiger partial charge in [-0.3, -0.25) is 9.59 Å². The zero-order valence-corrected chi connectivity index (χ0v) is 11.9. The van der Waals surface area contributed by atoms with Crippen LogP contribution in [-0.4, -0.2) is 30.7 Å². The fourth-order valence-electron chi connectivity index (χ4n) is 1.85. The molecule has 0 saturated heterocycles. The lowest BCUT2D eigenvalue weighted by molar-refractivity contribution is 0.0919. The van der Waals surface area contributed by atoms with Gasteiger partial charge in [-0.1, -0.05) is 6.07 Å². The van der Waals surface area contributed by atoms with E-state index in [2.05, 4.69) is 5.32 Å². The number of hydrogen-bond donors (Lipinski definition) is 1. The molecule has 0 aliphatic carbocycles. The van der Waals surface area contributed by atoms with E-state index in [1.807, 2.05) is 0 Å². The first-order chi connectivity index (χ1) is 10.2. The Hall–Kier alpha value is -2.34. The maximum absolute atomic E-state index is 11.8. The van der Waals surface area contributed by atoms with Crippen LogP contribution in [0.25, 0.3) is 0 Å². The summed E-state index contributed by atoms with van der Waals surface area (Å²) in [5.41, 5.74) is -0.112. The van der Waals surface area contributed by atoms with Crippen molar-refractivity contribution in [1.29, 1.82) is 0 Å². The molecule has 0 atom stereocenters. The fourth-order valence-corrected chi connectivity index (χ4v) is 1.85. The van der Waals surface area contributed by atoms with E-state index in [0.717, 1.165) is 6.42 Å². The second kappa shape index (κ2) is 7.44. The van der Waals surface area contributed by atoms with E-state index in [1.54, 1.807) is 37.6 Å². The minimum absolute atomic E-state index is 0.112. The van der Waals surface area contributed by atoms with Gasteiger partial charge in [-0.25, -0.2) is 0 Å². The van der Waals surface area contributed by atoms with Gasteiger partial charge in [0.25, 0.3) is 11.5 Å². The first-order valence-corrected chi connectivity index (χ1v) is 6.72. The predicted molar refractivity (Wildman–Crippen MR) is 77.3 cm³/mol. The third-order valence-electron chi connectivity index (χ3n) is 2.92. The lowest BCUT2D eigenvalue weighted by atomic mass is 10.3. The summed E-state index contributed by atoms with van der Waals surface area (Å²) in [4.78, 5) is 23.4. The Labute approximate surface area is 122 Å². The van der Waals surface area contributed by atoms with Gasteiger partial charge in [0, 0.05) is 32.5 Å². The number of hydrogen-bond acceptors (Lipinski definition) is 4. The van der Waals surface area contributed by atoms with Gasteiger partial charge in [0.15, 0.2) is 5.76 Å². The lowest BCUT2D eigenvalue weighted by Crippen LogP contribution is -2.24. The number of aromatic nitrogens is 1. The normalized spacial score (nSPS) is 10.5. The Bertz CT molecular complexity index is 645. The summed E-state index contributed by atoms with van der Waals surface area (Å²) in [6, 6.07) is 8.23. The van der Waals surface area contributed by atoms with Gasteiger partial charge in [0.2, 0.25) is 0 Å². The SMILES string of the molecule is COCCCNC(=O)c1ccc(Cn2ccccc2=O)o1. The Morgan fingerprint density at radius 2 is 2.19 bits per heavy atom. The van der Waals surface area contributed by atoms with Crippen molar-refractivity contribution in [3.05, 3.63) is 58.4 Å². The summed E-state index contributed by atoms with van der Waals surface area (Å²) in [6.45, 7) is 1.43. The van der Waals surface area contributed by atoms with E-state index in [9.17, 15) is 9.59 Å². The first kappa shape index (κ1) is 15.1. The van der Waals surface area contributed by atoms with Gasteiger partial charge in [-0.2, -0.15) is 0 Å². The monoisotopic (exact) mass is 290 g/mol. The first-order valence-electron chi connectivity index (χ1n) is 6.72. The van der Waals surface area contributed by atoms with Crippen LogP contribution in [0.4, 0.5) is 0 Å². The number of amides is 1. The fraction of sp³-hybridized carbons (Fsp3) is 0.333. The van der Waals surface area contributed by atoms with Crippen molar-refractivity contribution in [2.75, 3.05) is 20.3 Å². The molecule has 0 bridgehead atoms. The summed E-state index contributed by atoms with van der Waals surface area (Å²) in [7, 11) is 1.62. The van der Waals surface area contributed by atoms with Crippen molar-refractivity contribution in [3.63, 3.8) is 0 Å². The summed E-state index contributed by atoms with van der Waals surface area (Å²) in [5.74, 6) is 0.537. The van der Waals surface area contributed by atoms with Crippen LogP contribution in [0.5, 0.6) is 0 Å². The molecule has 0 radical (unpaired) electrons. The number of nitrogens with zero attached hydrogens (tertiary/aromatic N) is 1. The van der Waals surface area contributed by atoms with Gasteiger partial charge in [-0.05, 0) is 24.6 Å². The van der Waals surface area contributed by atoms with Crippen LogP contribution in [0.3, 0.4) is 0 Å². The molecule has 1 N–H and O–H groups in total. The van der Waals surface area contributed by atoms with Gasteiger partial charge >= 0.3 is 0 Å². The second-order valence-corrected chi connectivity index (χ2v) is 4.53. The summed E-state index contributed by atoms with van der Waals surface area (Å²) >= 11 is 0. The molecule has 2 aromatic heterocycles. The molecule has 6 heteroatoms. The number of furan rings is 1. The van der Waals surface area contributed by atoms with Crippen molar-refractivity contribution < 1.29 is 13.9 Å². The molecule has 0 fully saturated rings. The van der Waals surface area contributed by atoms with Crippen LogP contribution >= 0.6 is 0 Å². The quantitative estimate of drug-likeness (QED) is 0.779. The Balaban J connectivity index is 1.93. The molecule has 0 aromatic carbocycles. The molecule has 112 valence electrons. The van der Waals surface area contributed by atoms with Crippen molar-refractivity contribution >= 4 is 5.91 Å². The maximum Gasteiger partial charge on any atom is 0.286 e. The maximum atomic E-state index is 11.8. The molecule has 2 heterocycles. The summed E-state index contributed by atoms with van der Waals surface area (Å²) < 4.78 is 11.9. The van der Waals surface area contributed by atoms with Crippen molar-refractivity contribution in [2.24, 2.45) is 0 Å². The van der Waals surface area contributed by atoms with Gasteiger partial charge in [0.1, 0.15) is 5.76 Å². The highest BCUT2D eigenvalue weighted by atomic mass is 16.5. The Morgan fingerprint density at radius 1 is 1.33 bits per heavy atom. The van der Waals surface area contributed by atoms with Crippen LogP contribution in [0.2, 0.25) is 0 Å². The summed E-state index contributed by atoms with van der Waals surface area (Å²) in [5, 5.41) is 2.74. The molecule has 0 unspecified atom stereocenters. The zero-order valence-electron chi connectivity index (χ0n) is 11.9. The van der Waals surface area contributed by atoms with E-state index in [0.29, 0.717) is 25.5 Å². The van der Waals surface area contributed by atoms with E-state index in [4.69, 9.17) is 9.15 Å². The minimum Gasteiger partial charge on any atom is -0.454 e. The number of carbonyl (C=O) groups is 1. The molecular weight excluding hydrogens is 272 g/mol. The highest BCUT2D eigenvalue weighted by Crippen LogP contribution is 2.08. The van der Waals surface area contributed by atoms with Gasteiger partial charge in [0.05, 0.1) is 6.54 Å². The molecular formula is C15H18N2O4. The lowest BCUT2D eigenvalue weighted by Gasteiger charge is -2.03. The molecule has 21 heavy (non-hydrogen) atoms. The van der Waals surface area contributed by atoms with Crippen molar-refractivity contribution in [2.45, 2.75) is 13.0 Å². The molecule has 0 aliphatic heterocycles. The number of pyridine rings is 1. The molecule has 0 aliphatic rings. The molecule has 0 saturated carbocycles. The second-order valence-electron chi connectivity index (χ2n) is 4.53. The molecule has 0 spiro atoms. The van der Waals surface area contributed by atoms with E-state index in [1.165, 1.54) is 10.6 Å². The van der Waals surface area contributed by atoms with Crippen LogP contribution < -0.4 is 10.9 Å². The van der Waals surface area contributed by atoms with E-state index >= 15 is 0 Å². The number of methoxy groups -OCH3 is 1. The molecule has 2 rings (SSSR count). The van der Waals surface area contributed by atoms with Crippen LogP contribution in [0, 0.1) is 0 Å². The molecule has 1 amide bonds. The third-order valence-corrected chi connectivity index (χ3v) is 2.92. The van der Waals surface area contributed by atoms with Crippen molar-refractivity contribution in [1.82, 2.24) is 9.88 Å². The highest BCUT2D eigenvalue weighted by molar-refractivity contribution is 5.91. The number of rotatable bonds is 7. The Morgan fingerprint density at radius 3 is 2.95 bits per heavy atom. The summed E-state index contributed by atoms with van der Waals surface area (Å²) in [6.07, 6.45) is 2.42. The smallest absolute Gasteiger partial charge is 0.286 e. The molecule has 2 aromatic rings. The predicted octanol–water partition coefficient (Wildman–Crippen LogP) is 1.26. The van der Waals surface area contributed by atoms with Crippen LogP contribution in [0.15, 0.2) is 45.7 Å². The Kier molecular flexibility index (Phi) is 5.34.